The summed E-state index contributed by atoms with van der Waals surface area (Å²) in [6.45, 7) is 1.07. The van der Waals surface area contributed by atoms with Crippen molar-refractivity contribution >= 4 is 11.7 Å². The third kappa shape index (κ3) is 4.95. The predicted octanol–water partition coefficient (Wildman–Crippen LogP) is 0.128. The summed E-state index contributed by atoms with van der Waals surface area (Å²) in [6, 6.07) is 6.93. The molecule has 90 valence electrons. The van der Waals surface area contributed by atoms with Crippen molar-refractivity contribution in [1.82, 2.24) is 10.3 Å². The van der Waals surface area contributed by atoms with Crippen LogP contribution in [0.1, 0.15) is 5.69 Å². The Bertz CT molecular complexity index is 414. The molecule has 0 aliphatic rings. The Balaban J connectivity index is 2.34. The van der Waals surface area contributed by atoms with Gasteiger partial charge in [0.15, 0.2) is 0 Å². The van der Waals surface area contributed by atoms with Crippen molar-refractivity contribution in [1.29, 1.82) is 5.26 Å². The number of hydrogen-bond donors (Lipinski definition) is 2. The molecule has 1 aromatic rings. The lowest BCUT2D eigenvalue weighted by molar-refractivity contribution is -0.119. The van der Waals surface area contributed by atoms with Gasteiger partial charge in [-0.3, -0.25) is 4.79 Å². The number of rotatable bonds is 6. The van der Waals surface area contributed by atoms with E-state index in [0.29, 0.717) is 24.7 Å². The number of aromatic nitrogens is 1. The van der Waals surface area contributed by atoms with Crippen LogP contribution in [0.25, 0.3) is 0 Å². The highest BCUT2D eigenvalue weighted by molar-refractivity contribution is 5.80. The quantitative estimate of drug-likeness (QED) is 0.683. The SMILES string of the molecule is COCCNC(=O)CNc1cccc(C#N)n1. The van der Waals surface area contributed by atoms with Gasteiger partial charge < -0.3 is 15.4 Å². The third-order valence-electron chi connectivity index (χ3n) is 1.92. The van der Waals surface area contributed by atoms with Gasteiger partial charge >= 0.3 is 0 Å². The summed E-state index contributed by atoms with van der Waals surface area (Å²) in [5, 5.41) is 14.1. The third-order valence-corrected chi connectivity index (χ3v) is 1.92. The lowest BCUT2D eigenvalue weighted by Crippen LogP contribution is -2.32. The second-order valence-corrected chi connectivity index (χ2v) is 3.22. The summed E-state index contributed by atoms with van der Waals surface area (Å²) in [6.07, 6.45) is 0. The molecule has 0 atom stereocenters. The van der Waals surface area contributed by atoms with Crippen molar-refractivity contribution in [3.05, 3.63) is 23.9 Å². The first-order valence-corrected chi connectivity index (χ1v) is 5.13. The summed E-state index contributed by atoms with van der Waals surface area (Å²) in [5.74, 6) is 0.358. The highest BCUT2D eigenvalue weighted by Crippen LogP contribution is 2.02. The predicted molar refractivity (Wildman–Crippen MR) is 62.3 cm³/mol. The van der Waals surface area contributed by atoms with Crippen molar-refractivity contribution in [3.63, 3.8) is 0 Å². The van der Waals surface area contributed by atoms with Gasteiger partial charge in [0.25, 0.3) is 0 Å². The number of pyridine rings is 1. The van der Waals surface area contributed by atoms with Gasteiger partial charge in [-0.2, -0.15) is 5.26 Å². The van der Waals surface area contributed by atoms with E-state index in [0.717, 1.165) is 0 Å². The fraction of sp³-hybridized carbons (Fsp3) is 0.364. The molecule has 0 aliphatic carbocycles. The second-order valence-electron chi connectivity index (χ2n) is 3.22. The van der Waals surface area contributed by atoms with E-state index >= 15 is 0 Å². The van der Waals surface area contributed by atoms with Crippen LogP contribution in [0.5, 0.6) is 0 Å². The van der Waals surface area contributed by atoms with Gasteiger partial charge in [0.05, 0.1) is 13.2 Å². The van der Waals surface area contributed by atoms with Crippen molar-refractivity contribution in [2.24, 2.45) is 0 Å². The molecule has 0 saturated heterocycles. The molecule has 0 saturated carbocycles. The smallest absolute Gasteiger partial charge is 0.239 e. The molecular weight excluding hydrogens is 220 g/mol. The molecular formula is C11H14N4O2. The Morgan fingerprint density at radius 2 is 2.41 bits per heavy atom. The molecule has 17 heavy (non-hydrogen) atoms. The number of carbonyl (C=O) groups is 1. The van der Waals surface area contributed by atoms with Crippen LogP contribution in [0.2, 0.25) is 0 Å². The average molecular weight is 234 g/mol. The monoisotopic (exact) mass is 234 g/mol. The van der Waals surface area contributed by atoms with Gasteiger partial charge in [-0.15, -0.1) is 0 Å². The Morgan fingerprint density at radius 3 is 3.12 bits per heavy atom. The minimum absolute atomic E-state index is 0.117. The number of nitrogens with zero attached hydrogens (tertiary/aromatic N) is 2. The highest BCUT2D eigenvalue weighted by Gasteiger charge is 2.01. The van der Waals surface area contributed by atoms with E-state index < -0.39 is 0 Å². The van der Waals surface area contributed by atoms with E-state index in [2.05, 4.69) is 15.6 Å². The largest absolute Gasteiger partial charge is 0.383 e. The molecule has 0 fully saturated rings. The Morgan fingerprint density at radius 1 is 1.59 bits per heavy atom. The molecule has 0 spiro atoms. The number of ether oxygens (including phenoxy) is 1. The van der Waals surface area contributed by atoms with Crippen molar-refractivity contribution in [2.75, 3.05) is 32.1 Å². The number of carbonyl (C=O) groups excluding carboxylic acids is 1. The fourth-order valence-electron chi connectivity index (χ4n) is 1.12. The zero-order valence-corrected chi connectivity index (χ0v) is 9.56. The van der Waals surface area contributed by atoms with Gasteiger partial charge in [-0.1, -0.05) is 6.07 Å². The van der Waals surface area contributed by atoms with Crippen LogP contribution in [0.15, 0.2) is 18.2 Å². The van der Waals surface area contributed by atoms with Crippen LogP contribution < -0.4 is 10.6 Å². The molecule has 2 N–H and O–H groups in total. The summed E-state index contributed by atoms with van der Waals surface area (Å²) in [4.78, 5) is 15.3. The Kier molecular flexibility index (Phi) is 5.47. The molecule has 1 amide bonds. The molecule has 0 unspecified atom stereocenters. The second kappa shape index (κ2) is 7.19. The van der Waals surface area contributed by atoms with E-state index in [1.165, 1.54) is 0 Å². The Hall–Kier alpha value is -2.13. The van der Waals surface area contributed by atoms with Crippen LogP contribution in [0, 0.1) is 11.3 Å². The molecule has 1 heterocycles. The number of nitriles is 1. The number of nitrogens with one attached hydrogen (secondary N) is 2. The van der Waals surface area contributed by atoms with Gasteiger partial charge in [0, 0.05) is 13.7 Å². The fourth-order valence-corrected chi connectivity index (χ4v) is 1.12. The van der Waals surface area contributed by atoms with Crippen LogP contribution in [0.3, 0.4) is 0 Å². The summed E-state index contributed by atoms with van der Waals surface area (Å²) in [7, 11) is 1.57. The van der Waals surface area contributed by atoms with Crippen molar-refractivity contribution in [3.8, 4) is 6.07 Å². The molecule has 0 radical (unpaired) electrons. The van der Waals surface area contributed by atoms with E-state index in [4.69, 9.17) is 10.00 Å². The van der Waals surface area contributed by atoms with Crippen LogP contribution in [-0.4, -0.2) is 37.7 Å². The lowest BCUT2D eigenvalue weighted by Gasteiger charge is -2.06. The van der Waals surface area contributed by atoms with E-state index in [-0.39, 0.29) is 12.5 Å². The minimum Gasteiger partial charge on any atom is -0.383 e. The van der Waals surface area contributed by atoms with Crippen LogP contribution in [0.4, 0.5) is 5.82 Å². The summed E-state index contributed by atoms with van der Waals surface area (Å²) >= 11 is 0. The van der Waals surface area contributed by atoms with Crippen molar-refractivity contribution < 1.29 is 9.53 Å². The molecule has 0 aromatic carbocycles. The zero-order valence-electron chi connectivity index (χ0n) is 9.56. The molecule has 1 aromatic heterocycles. The number of amides is 1. The molecule has 6 heteroatoms. The number of methoxy groups -OCH3 is 1. The standard InChI is InChI=1S/C11H14N4O2/c1-17-6-5-13-11(16)8-14-10-4-2-3-9(7-12)15-10/h2-4H,5-6,8H2,1H3,(H,13,16)(H,14,15). The van der Waals surface area contributed by atoms with Crippen molar-refractivity contribution in [2.45, 2.75) is 0 Å². The van der Waals surface area contributed by atoms with Crippen LogP contribution in [-0.2, 0) is 9.53 Å². The first-order chi connectivity index (χ1) is 8.26. The first-order valence-electron chi connectivity index (χ1n) is 5.13. The number of anilines is 1. The van der Waals surface area contributed by atoms with Gasteiger partial charge in [0.2, 0.25) is 5.91 Å². The Labute approximate surface area is 99.6 Å². The average Bonchev–Trinajstić information content (AvgIpc) is 2.37. The maximum absolute atomic E-state index is 11.3. The maximum atomic E-state index is 11.3. The van der Waals surface area contributed by atoms with E-state index in [1.807, 2.05) is 6.07 Å². The number of hydrogen-bond acceptors (Lipinski definition) is 5. The summed E-state index contributed by atoms with van der Waals surface area (Å²) < 4.78 is 4.80. The summed E-state index contributed by atoms with van der Waals surface area (Å²) in [5.41, 5.74) is 0.315. The topological polar surface area (TPSA) is 87.0 Å². The van der Waals surface area contributed by atoms with E-state index in [9.17, 15) is 4.79 Å². The zero-order chi connectivity index (χ0) is 12.5. The first kappa shape index (κ1) is 12.9. The molecule has 0 aliphatic heterocycles. The normalized spacial score (nSPS) is 9.41. The molecule has 6 nitrogen and oxygen atoms in total. The molecule has 0 bridgehead atoms. The van der Waals surface area contributed by atoms with Gasteiger partial charge in [-0.05, 0) is 12.1 Å². The van der Waals surface area contributed by atoms with Gasteiger partial charge in [-0.25, -0.2) is 4.98 Å². The van der Waals surface area contributed by atoms with Crippen LogP contribution >= 0.6 is 0 Å². The lowest BCUT2D eigenvalue weighted by atomic mass is 10.3. The molecule has 1 rings (SSSR count). The van der Waals surface area contributed by atoms with E-state index in [1.54, 1.807) is 25.3 Å². The highest BCUT2D eigenvalue weighted by atomic mass is 16.5. The van der Waals surface area contributed by atoms with Gasteiger partial charge in [0.1, 0.15) is 17.6 Å². The minimum atomic E-state index is -0.147. The maximum Gasteiger partial charge on any atom is 0.239 e.